The molecule has 0 unspecified atom stereocenters. The normalized spacial score (nSPS) is 10.4. The molecule has 9 heteroatoms. The summed E-state index contributed by atoms with van der Waals surface area (Å²) in [5.74, 6) is -1.25. The highest BCUT2D eigenvalue weighted by Gasteiger charge is 2.28. The Hall–Kier alpha value is -2.32. The molecule has 0 fully saturated rings. The maximum atomic E-state index is 12.8. The first-order chi connectivity index (χ1) is 9.42. The van der Waals surface area contributed by atoms with Crippen LogP contribution >= 0.6 is 0 Å². The van der Waals surface area contributed by atoms with E-state index in [0.717, 1.165) is 7.11 Å². The van der Waals surface area contributed by atoms with E-state index in [1.54, 1.807) is 6.92 Å². The van der Waals surface area contributed by atoms with Gasteiger partial charge in [0.2, 0.25) is 0 Å². The Morgan fingerprint density at radius 3 is 2.65 bits per heavy atom. The zero-order valence-corrected chi connectivity index (χ0v) is 10.8. The fourth-order valence-corrected chi connectivity index (χ4v) is 1.61. The lowest BCUT2D eigenvalue weighted by Gasteiger charge is -2.12. The maximum absolute atomic E-state index is 12.8. The predicted molar refractivity (Wildman–Crippen MR) is 62.7 cm³/mol. The lowest BCUT2D eigenvalue weighted by atomic mass is 10.1. The number of methoxy groups -OCH3 is 1. The van der Waals surface area contributed by atoms with Crippen molar-refractivity contribution in [3.63, 3.8) is 0 Å². The number of esters is 1. The van der Waals surface area contributed by atoms with Crippen LogP contribution in [0.2, 0.25) is 0 Å². The van der Waals surface area contributed by atoms with Gasteiger partial charge < -0.3 is 9.47 Å². The molecule has 0 aliphatic rings. The SMILES string of the molecule is CCOC(=O)Cc1c([N+](=O)[O-])cnc(C(F)F)c1OC. The number of nitro groups is 1. The van der Waals surface area contributed by atoms with E-state index in [2.05, 4.69) is 9.72 Å². The second kappa shape index (κ2) is 6.73. The minimum Gasteiger partial charge on any atom is -0.494 e. The highest BCUT2D eigenvalue weighted by atomic mass is 19.3. The van der Waals surface area contributed by atoms with E-state index >= 15 is 0 Å². The number of hydrogen-bond donors (Lipinski definition) is 0. The number of alkyl halides is 2. The average Bonchev–Trinajstić information content (AvgIpc) is 2.37. The van der Waals surface area contributed by atoms with E-state index in [0.29, 0.717) is 6.20 Å². The Morgan fingerprint density at radius 2 is 2.20 bits per heavy atom. The van der Waals surface area contributed by atoms with Crippen LogP contribution in [-0.4, -0.2) is 29.6 Å². The Balaban J connectivity index is 3.36. The standard InChI is InChI=1S/C11H12F2N2O5/c1-3-20-8(16)4-6-7(15(17)18)5-14-9(11(12)13)10(6)19-2/h5,11H,3-4H2,1-2H3. The van der Waals surface area contributed by atoms with E-state index in [1.807, 2.05) is 0 Å². The summed E-state index contributed by atoms with van der Waals surface area (Å²) in [5, 5.41) is 10.9. The third kappa shape index (κ3) is 3.37. The molecule has 0 aromatic carbocycles. The van der Waals surface area contributed by atoms with Gasteiger partial charge in [0.1, 0.15) is 11.9 Å². The molecule has 0 atom stereocenters. The van der Waals surface area contributed by atoms with Crippen LogP contribution in [0.15, 0.2) is 6.20 Å². The molecular weight excluding hydrogens is 278 g/mol. The summed E-state index contributed by atoms with van der Waals surface area (Å²) in [7, 11) is 1.07. The van der Waals surface area contributed by atoms with Crippen molar-refractivity contribution >= 4 is 11.7 Å². The molecule has 7 nitrogen and oxygen atoms in total. The largest absolute Gasteiger partial charge is 0.494 e. The first-order valence-corrected chi connectivity index (χ1v) is 5.56. The average molecular weight is 290 g/mol. The number of pyridine rings is 1. The van der Waals surface area contributed by atoms with Crippen LogP contribution in [0.1, 0.15) is 24.6 Å². The summed E-state index contributed by atoms with van der Waals surface area (Å²) in [6.45, 7) is 1.63. The Kier molecular flexibility index (Phi) is 5.30. The summed E-state index contributed by atoms with van der Waals surface area (Å²) < 4.78 is 35.0. The molecule has 1 rings (SSSR count). The lowest BCUT2D eigenvalue weighted by Crippen LogP contribution is -2.12. The smallest absolute Gasteiger partial charge is 0.310 e. The topological polar surface area (TPSA) is 91.6 Å². The predicted octanol–water partition coefficient (Wildman–Crippen LogP) is 2.04. The summed E-state index contributed by atoms with van der Waals surface area (Å²) in [4.78, 5) is 24.8. The fourth-order valence-electron chi connectivity index (χ4n) is 1.61. The Labute approximate surface area is 112 Å². The molecule has 20 heavy (non-hydrogen) atoms. The van der Waals surface area contributed by atoms with Crippen LogP contribution < -0.4 is 4.74 Å². The molecule has 1 heterocycles. The molecule has 0 N–H and O–H groups in total. The number of rotatable bonds is 6. The molecule has 110 valence electrons. The monoisotopic (exact) mass is 290 g/mol. The molecule has 0 amide bonds. The van der Waals surface area contributed by atoms with Gasteiger partial charge in [-0.3, -0.25) is 14.9 Å². The third-order valence-corrected chi connectivity index (χ3v) is 2.38. The first-order valence-electron chi connectivity index (χ1n) is 5.56. The number of halogens is 2. The molecule has 0 saturated heterocycles. The molecule has 0 spiro atoms. The van der Waals surface area contributed by atoms with Crippen LogP contribution in [0.5, 0.6) is 5.75 Å². The minimum absolute atomic E-state index is 0.0712. The van der Waals surface area contributed by atoms with Gasteiger partial charge in [0.05, 0.1) is 30.6 Å². The van der Waals surface area contributed by atoms with E-state index in [4.69, 9.17) is 4.74 Å². The van der Waals surface area contributed by atoms with E-state index in [-0.39, 0.29) is 12.2 Å². The van der Waals surface area contributed by atoms with E-state index in [9.17, 15) is 23.7 Å². The van der Waals surface area contributed by atoms with Gasteiger partial charge in [-0.2, -0.15) is 0 Å². The quantitative estimate of drug-likeness (QED) is 0.452. The number of carbonyl (C=O) groups excluding carboxylic acids is 1. The lowest BCUT2D eigenvalue weighted by molar-refractivity contribution is -0.386. The summed E-state index contributed by atoms with van der Waals surface area (Å²) in [6, 6.07) is 0. The number of carbonyl (C=O) groups is 1. The zero-order valence-electron chi connectivity index (χ0n) is 10.8. The molecule has 1 aromatic rings. The molecule has 0 aliphatic heterocycles. The van der Waals surface area contributed by atoms with Crippen molar-refractivity contribution in [2.24, 2.45) is 0 Å². The van der Waals surface area contributed by atoms with Crippen molar-refractivity contribution in [3.8, 4) is 5.75 Å². The van der Waals surface area contributed by atoms with Crippen molar-refractivity contribution in [1.82, 2.24) is 4.98 Å². The van der Waals surface area contributed by atoms with Gasteiger partial charge in [0.25, 0.3) is 12.1 Å². The van der Waals surface area contributed by atoms with Crippen LogP contribution in [0.4, 0.5) is 14.5 Å². The molecule has 0 aliphatic carbocycles. The second-order valence-corrected chi connectivity index (χ2v) is 3.58. The highest BCUT2D eigenvalue weighted by Crippen LogP contribution is 2.35. The Morgan fingerprint density at radius 1 is 1.55 bits per heavy atom. The molecular formula is C11H12F2N2O5. The molecule has 0 saturated carbocycles. The maximum Gasteiger partial charge on any atom is 0.310 e. The number of ether oxygens (including phenoxy) is 2. The van der Waals surface area contributed by atoms with Crippen LogP contribution in [0, 0.1) is 10.1 Å². The summed E-state index contributed by atoms with van der Waals surface area (Å²) in [5.41, 5.74) is -1.60. The van der Waals surface area contributed by atoms with Gasteiger partial charge in [-0.05, 0) is 6.92 Å². The summed E-state index contributed by atoms with van der Waals surface area (Å²) >= 11 is 0. The van der Waals surface area contributed by atoms with Crippen molar-refractivity contribution in [1.29, 1.82) is 0 Å². The molecule has 0 bridgehead atoms. The minimum atomic E-state index is -2.98. The van der Waals surface area contributed by atoms with Gasteiger partial charge in [0.15, 0.2) is 5.75 Å². The van der Waals surface area contributed by atoms with Gasteiger partial charge in [-0.15, -0.1) is 0 Å². The van der Waals surface area contributed by atoms with Crippen molar-refractivity contribution < 1.29 is 28.0 Å². The Bertz CT molecular complexity index is 522. The summed E-state index contributed by atoms with van der Waals surface area (Å²) in [6.07, 6.45) is -2.85. The first kappa shape index (κ1) is 15.7. The van der Waals surface area contributed by atoms with E-state index < -0.39 is 40.9 Å². The third-order valence-electron chi connectivity index (χ3n) is 2.38. The molecule has 1 aromatic heterocycles. The number of hydrogen-bond acceptors (Lipinski definition) is 6. The van der Waals surface area contributed by atoms with Crippen LogP contribution in [0.3, 0.4) is 0 Å². The van der Waals surface area contributed by atoms with Gasteiger partial charge in [0, 0.05) is 0 Å². The second-order valence-electron chi connectivity index (χ2n) is 3.58. The highest BCUT2D eigenvalue weighted by molar-refractivity contribution is 5.75. The van der Waals surface area contributed by atoms with Crippen molar-refractivity contribution in [3.05, 3.63) is 27.6 Å². The zero-order chi connectivity index (χ0) is 15.3. The van der Waals surface area contributed by atoms with Gasteiger partial charge in [-0.1, -0.05) is 0 Å². The van der Waals surface area contributed by atoms with Crippen molar-refractivity contribution in [2.75, 3.05) is 13.7 Å². The van der Waals surface area contributed by atoms with Crippen LogP contribution in [-0.2, 0) is 16.0 Å². The van der Waals surface area contributed by atoms with Gasteiger partial charge in [-0.25, -0.2) is 13.8 Å². The van der Waals surface area contributed by atoms with E-state index in [1.165, 1.54) is 0 Å². The van der Waals surface area contributed by atoms with Gasteiger partial charge >= 0.3 is 5.97 Å². The fraction of sp³-hybridized carbons (Fsp3) is 0.455. The number of nitrogens with zero attached hydrogens (tertiary/aromatic N) is 2. The van der Waals surface area contributed by atoms with Crippen molar-refractivity contribution in [2.45, 2.75) is 19.8 Å². The van der Waals surface area contributed by atoms with Crippen LogP contribution in [0.25, 0.3) is 0 Å². The number of aromatic nitrogens is 1. The molecule has 0 radical (unpaired) electrons.